The molecule has 0 spiro atoms. The molecule has 5 atom stereocenters. The van der Waals surface area contributed by atoms with Crippen molar-refractivity contribution < 1.29 is 27.8 Å². The highest BCUT2D eigenvalue weighted by atomic mass is 32.2. The number of sulfonamides is 1. The zero-order chi connectivity index (χ0) is 41.6. The Morgan fingerprint density at radius 3 is 2.23 bits per heavy atom. The maximum atomic E-state index is 13.8. The van der Waals surface area contributed by atoms with Crippen LogP contribution in [0, 0.1) is 12.8 Å². The number of imidazole rings is 1. The molecular formula is C49H48N4O6S. The number of hydrogen-bond acceptors (Lipinski definition) is 7. The predicted octanol–water partition coefficient (Wildman–Crippen LogP) is 8.20. The van der Waals surface area contributed by atoms with Gasteiger partial charge in [0.1, 0.15) is 6.04 Å². The third-order valence-corrected chi connectivity index (χ3v) is 12.6. The standard InChI is InChI=1S/C49H48N4O6S/c1-33-18-24-42(25-19-33)60(56,57)52-44(27-35-10-4-3-5-11-35)48(55)50-29-37-12-8-13-39(26-37)40-14-9-15-41(28-40)49-58-46(30-53-32-51-43-16-6-7-17-45(43)53)34(2)47(59-49)38-22-20-36(31-54)21-23-38/h3-26,28,32,34,44,46-47,49,52,54H,27,29-31H2,1-2H3,(H,50,55)/t34-,44+,46+,47+,49+/m0/s1. The molecule has 3 N–H and O–H groups in total. The molecule has 0 radical (unpaired) electrons. The Morgan fingerprint density at radius 1 is 0.767 bits per heavy atom. The van der Waals surface area contributed by atoms with E-state index in [1.54, 1.807) is 24.3 Å². The Morgan fingerprint density at radius 2 is 1.47 bits per heavy atom. The van der Waals surface area contributed by atoms with Crippen LogP contribution in [0.1, 0.15) is 52.7 Å². The van der Waals surface area contributed by atoms with Crippen molar-refractivity contribution in [2.24, 2.45) is 5.92 Å². The van der Waals surface area contributed by atoms with Crippen LogP contribution in [-0.2, 0) is 50.4 Å². The number of aryl methyl sites for hydroxylation is 1. The lowest BCUT2D eigenvalue weighted by Gasteiger charge is -2.41. The lowest BCUT2D eigenvalue weighted by atomic mass is 9.90. The van der Waals surface area contributed by atoms with Gasteiger partial charge in [0, 0.05) is 18.0 Å². The number of aliphatic hydroxyl groups is 1. The van der Waals surface area contributed by atoms with Crippen LogP contribution in [-0.4, -0.2) is 41.1 Å². The molecule has 1 aliphatic heterocycles. The Bertz CT molecular complexity index is 2670. The van der Waals surface area contributed by atoms with Crippen LogP contribution in [0.4, 0.5) is 0 Å². The highest BCUT2D eigenvalue weighted by Gasteiger charge is 2.39. The van der Waals surface area contributed by atoms with Crippen LogP contribution in [0.25, 0.3) is 22.2 Å². The first-order valence-corrected chi connectivity index (χ1v) is 21.6. The summed E-state index contributed by atoms with van der Waals surface area (Å²) in [6.45, 7) is 4.78. The molecule has 1 fully saturated rings. The summed E-state index contributed by atoms with van der Waals surface area (Å²) in [5.74, 6) is -0.441. The first kappa shape index (κ1) is 40.8. The van der Waals surface area contributed by atoms with Gasteiger partial charge in [-0.2, -0.15) is 4.72 Å². The summed E-state index contributed by atoms with van der Waals surface area (Å²) >= 11 is 0. The highest BCUT2D eigenvalue weighted by molar-refractivity contribution is 7.89. The van der Waals surface area contributed by atoms with Crippen molar-refractivity contribution in [3.63, 3.8) is 0 Å². The minimum Gasteiger partial charge on any atom is -0.392 e. The number of rotatable bonds is 14. The fraction of sp³-hybridized carbons (Fsp3) is 0.224. The molecule has 10 nitrogen and oxygen atoms in total. The lowest BCUT2D eigenvalue weighted by Crippen LogP contribution is -2.47. The number of aliphatic hydroxyl groups excluding tert-OH is 1. The van der Waals surface area contributed by atoms with Crippen LogP contribution in [0.3, 0.4) is 0 Å². The van der Waals surface area contributed by atoms with Crippen LogP contribution >= 0.6 is 0 Å². The first-order valence-electron chi connectivity index (χ1n) is 20.1. The van der Waals surface area contributed by atoms with Gasteiger partial charge in [0.2, 0.25) is 15.9 Å². The molecule has 0 saturated carbocycles. The number of para-hydroxylation sites is 2. The minimum atomic E-state index is -3.98. The van der Waals surface area contributed by atoms with Crippen molar-refractivity contribution in [3.05, 3.63) is 191 Å². The van der Waals surface area contributed by atoms with E-state index in [4.69, 9.17) is 9.47 Å². The molecule has 1 aromatic heterocycles. The topological polar surface area (TPSA) is 132 Å². The smallest absolute Gasteiger partial charge is 0.241 e. The van der Waals surface area contributed by atoms with Crippen molar-refractivity contribution >= 4 is 27.0 Å². The molecule has 6 aromatic carbocycles. The fourth-order valence-electron chi connectivity index (χ4n) is 7.73. The highest BCUT2D eigenvalue weighted by Crippen LogP contribution is 2.43. The maximum Gasteiger partial charge on any atom is 0.241 e. The monoisotopic (exact) mass is 820 g/mol. The van der Waals surface area contributed by atoms with Crippen molar-refractivity contribution in [2.45, 2.75) is 69.4 Å². The van der Waals surface area contributed by atoms with E-state index < -0.39 is 28.3 Å². The van der Waals surface area contributed by atoms with E-state index in [2.05, 4.69) is 38.6 Å². The first-order chi connectivity index (χ1) is 29.1. The number of aromatic nitrogens is 2. The molecule has 306 valence electrons. The number of carbonyl (C=O) groups excluding carboxylic acids is 1. The summed E-state index contributed by atoms with van der Waals surface area (Å²) in [5.41, 5.74) is 9.16. The van der Waals surface area contributed by atoms with Crippen LogP contribution in [0.15, 0.2) is 163 Å². The van der Waals surface area contributed by atoms with Crippen molar-refractivity contribution in [1.29, 1.82) is 0 Å². The molecule has 1 saturated heterocycles. The SMILES string of the molecule is Cc1ccc(S(=O)(=O)N[C@H](Cc2ccccc2)C(=O)NCc2cccc(-c3cccc([C@@H]4O[C@H](Cn5cnc6ccccc65)[C@H](C)[C@H](c5ccc(CO)cc5)O4)c3)c2)cc1. The molecule has 7 aromatic rings. The fourth-order valence-corrected chi connectivity index (χ4v) is 8.92. The number of hydrogen-bond donors (Lipinski definition) is 3. The average Bonchev–Trinajstić information content (AvgIpc) is 3.69. The molecule has 60 heavy (non-hydrogen) atoms. The molecular weight excluding hydrogens is 773 g/mol. The summed E-state index contributed by atoms with van der Waals surface area (Å²) in [6.07, 6.45) is 0.879. The van der Waals surface area contributed by atoms with Gasteiger partial charge < -0.3 is 24.5 Å². The lowest BCUT2D eigenvalue weighted by molar-refractivity contribution is -0.276. The van der Waals surface area contributed by atoms with E-state index in [-0.39, 0.29) is 42.6 Å². The van der Waals surface area contributed by atoms with Gasteiger partial charge in [0.05, 0.1) is 47.6 Å². The summed E-state index contributed by atoms with van der Waals surface area (Å²) in [4.78, 5) is 18.5. The second-order valence-corrected chi connectivity index (χ2v) is 17.1. The van der Waals surface area contributed by atoms with E-state index in [0.29, 0.717) is 6.54 Å². The zero-order valence-corrected chi connectivity index (χ0v) is 34.3. The van der Waals surface area contributed by atoms with Crippen molar-refractivity contribution in [3.8, 4) is 11.1 Å². The zero-order valence-electron chi connectivity index (χ0n) is 33.5. The third kappa shape index (κ3) is 9.41. The van der Waals surface area contributed by atoms with Crippen molar-refractivity contribution in [1.82, 2.24) is 19.6 Å². The van der Waals surface area contributed by atoms with Gasteiger partial charge in [-0.3, -0.25) is 4.79 Å². The van der Waals surface area contributed by atoms with E-state index >= 15 is 0 Å². The second-order valence-electron chi connectivity index (χ2n) is 15.4. The van der Waals surface area contributed by atoms with Gasteiger partial charge in [0.25, 0.3) is 0 Å². The third-order valence-electron chi connectivity index (χ3n) is 11.1. The van der Waals surface area contributed by atoms with Crippen LogP contribution < -0.4 is 10.0 Å². The van der Waals surface area contributed by atoms with Crippen molar-refractivity contribution in [2.75, 3.05) is 0 Å². The van der Waals surface area contributed by atoms with E-state index in [0.717, 1.165) is 55.5 Å². The number of nitrogens with one attached hydrogen (secondary N) is 2. The normalized spacial score (nSPS) is 18.6. The molecule has 0 unspecified atom stereocenters. The van der Waals surface area contributed by atoms with Gasteiger partial charge in [-0.1, -0.05) is 128 Å². The Hall–Kier alpha value is -5.95. The number of nitrogens with zero attached hydrogens (tertiary/aromatic N) is 2. The van der Waals surface area contributed by atoms with Gasteiger partial charge >= 0.3 is 0 Å². The number of fused-ring (bicyclic) bond motifs is 1. The molecule has 1 aliphatic rings. The molecule has 11 heteroatoms. The largest absolute Gasteiger partial charge is 0.392 e. The summed E-state index contributed by atoms with van der Waals surface area (Å²) in [7, 11) is -3.98. The van der Waals surface area contributed by atoms with Gasteiger partial charge in [-0.25, -0.2) is 13.4 Å². The van der Waals surface area contributed by atoms with Crippen LogP contribution in [0.2, 0.25) is 0 Å². The Kier molecular flexibility index (Phi) is 12.3. The second kappa shape index (κ2) is 18.1. The summed E-state index contributed by atoms with van der Waals surface area (Å²) < 4.78 is 45.2. The van der Waals surface area contributed by atoms with Crippen LogP contribution in [0.5, 0.6) is 0 Å². The summed E-state index contributed by atoms with van der Waals surface area (Å²) in [5, 5.41) is 12.7. The van der Waals surface area contributed by atoms with E-state index in [1.165, 1.54) is 0 Å². The number of carbonyl (C=O) groups is 1. The molecule has 0 bridgehead atoms. The quantitative estimate of drug-likeness (QED) is 0.101. The van der Waals surface area contributed by atoms with Gasteiger partial charge in [-0.15, -0.1) is 0 Å². The Balaban J connectivity index is 1.01. The average molecular weight is 821 g/mol. The van der Waals surface area contributed by atoms with Gasteiger partial charge in [-0.05, 0) is 83.1 Å². The molecule has 1 amide bonds. The molecule has 2 heterocycles. The van der Waals surface area contributed by atoms with E-state index in [1.807, 2.05) is 129 Å². The van der Waals surface area contributed by atoms with Gasteiger partial charge in [0.15, 0.2) is 6.29 Å². The Labute approximate surface area is 350 Å². The molecule has 0 aliphatic carbocycles. The summed E-state index contributed by atoms with van der Waals surface area (Å²) in [6, 6.07) is 46.8. The maximum absolute atomic E-state index is 13.8. The number of ether oxygens (including phenoxy) is 2. The minimum absolute atomic E-state index is 0.0114. The number of amides is 1. The van der Waals surface area contributed by atoms with E-state index in [9.17, 15) is 18.3 Å². The predicted molar refractivity (Wildman–Crippen MR) is 232 cm³/mol. The molecule has 8 rings (SSSR count). The number of benzene rings is 6.